The molecule has 8 heteroatoms. The van der Waals surface area contributed by atoms with Gasteiger partial charge in [0, 0.05) is 6.07 Å². The van der Waals surface area contributed by atoms with Gasteiger partial charge in [0.05, 0.1) is 17.5 Å². The van der Waals surface area contributed by atoms with Gasteiger partial charge in [0.2, 0.25) is 0 Å². The van der Waals surface area contributed by atoms with Crippen LogP contribution in [0, 0.1) is 17.0 Å². The number of nitrogens with one attached hydrogen (secondary N) is 1. The largest absolute Gasteiger partial charge is 0.491 e. The van der Waals surface area contributed by atoms with Gasteiger partial charge in [-0.2, -0.15) is 0 Å². The monoisotopic (exact) mass is 369 g/mol. The van der Waals surface area contributed by atoms with Crippen LogP contribution in [0.3, 0.4) is 0 Å². The standard InChI is InChI=1S/C19H19N3O5/c1-13-6-8-14(9-7-13)19(2)17(23)21(18(24)20-19)10-11-27-16-5-3-4-15(12-16)22(25)26/h3-9,12H,10-11H2,1-2H3,(H,20,24). The Bertz CT molecular complexity index is 896. The number of imide groups is 1. The normalized spacial score (nSPS) is 19.1. The topological polar surface area (TPSA) is 102 Å². The number of benzene rings is 2. The van der Waals surface area contributed by atoms with Crippen molar-refractivity contribution in [3.63, 3.8) is 0 Å². The summed E-state index contributed by atoms with van der Waals surface area (Å²) in [6.45, 7) is 3.68. The van der Waals surface area contributed by atoms with E-state index in [2.05, 4.69) is 5.32 Å². The summed E-state index contributed by atoms with van der Waals surface area (Å²) in [4.78, 5) is 36.5. The molecule has 1 aliphatic rings. The molecule has 2 aromatic rings. The van der Waals surface area contributed by atoms with Crippen molar-refractivity contribution in [3.05, 3.63) is 69.8 Å². The number of hydrogen-bond acceptors (Lipinski definition) is 5. The second-order valence-electron chi connectivity index (χ2n) is 6.48. The number of amides is 3. The number of urea groups is 1. The number of hydrogen-bond donors (Lipinski definition) is 1. The summed E-state index contributed by atoms with van der Waals surface area (Å²) < 4.78 is 5.47. The van der Waals surface area contributed by atoms with Gasteiger partial charge in [0.25, 0.3) is 11.6 Å². The molecule has 0 aliphatic carbocycles. The third kappa shape index (κ3) is 3.59. The van der Waals surface area contributed by atoms with Crippen LogP contribution < -0.4 is 10.1 Å². The maximum Gasteiger partial charge on any atom is 0.325 e. The molecule has 27 heavy (non-hydrogen) atoms. The molecule has 0 bridgehead atoms. The van der Waals surface area contributed by atoms with Crippen LogP contribution in [-0.2, 0) is 10.3 Å². The fourth-order valence-corrected chi connectivity index (χ4v) is 2.92. The predicted molar refractivity (Wildman–Crippen MR) is 97.4 cm³/mol. The van der Waals surface area contributed by atoms with Gasteiger partial charge in [-0.15, -0.1) is 0 Å². The molecule has 1 atom stereocenters. The van der Waals surface area contributed by atoms with Gasteiger partial charge in [0.15, 0.2) is 0 Å². The number of nitro groups is 1. The molecule has 2 aromatic carbocycles. The van der Waals surface area contributed by atoms with Crippen LogP contribution in [0.5, 0.6) is 5.75 Å². The molecule has 1 N–H and O–H groups in total. The quantitative estimate of drug-likeness (QED) is 0.479. The number of carbonyl (C=O) groups excluding carboxylic acids is 2. The zero-order valence-corrected chi connectivity index (χ0v) is 15.0. The number of non-ortho nitro benzene ring substituents is 1. The number of nitrogens with zero attached hydrogens (tertiary/aromatic N) is 2. The molecule has 0 saturated carbocycles. The summed E-state index contributed by atoms with van der Waals surface area (Å²) in [7, 11) is 0. The number of aryl methyl sites for hydroxylation is 1. The van der Waals surface area contributed by atoms with Gasteiger partial charge >= 0.3 is 6.03 Å². The van der Waals surface area contributed by atoms with Crippen molar-refractivity contribution in [2.24, 2.45) is 0 Å². The Balaban J connectivity index is 1.66. The van der Waals surface area contributed by atoms with Crippen molar-refractivity contribution in [2.75, 3.05) is 13.2 Å². The summed E-state index contributed by atoms with van der Waals surface area (Å²) in [5.41, 5.74) is 0.542. The second-order valence-corrected chi connectivity index (χ2v) is 6.48. The molecular weight excluding hydrogens is 350 g/mol. The van der Waals surface area contributed by atoms with E-state index in [0.29, 0.717) is 11.3 Å². The van der Waals surface area contributed by atoms with Crippen molar-refractivity contribution in [1.29, 1.82) is 0 Å². The molecule has 0 aromatic heterocycles. The van der Waals surface area contributed by atoms with Gasteiger partial charge < -0.3 is 10.1 Å². The lowest BCUT2D eigenvalue weighted by molar-refractivity contribution is -0.384. The third-order valence-corrected chi connectivity index (χ3v) is 4.52. The van der Waals surface area contributed by atoms with Crippen LogP contribution in [0.15, 0.2) is 48.5 Å². The molecule has 3 rings (SSSR count). The molecule has 140 valence electrons. The lowest BCUT2D eigenvalue weighted by Crippen LogP contribution is -2.41. The molecule has 3 amide bonds. The van der Waals surface area contributed by atoms with E-state index in [4.69, 9.17) is 4.74 Å². The van der Waals surface area contributed by atoms with Crippen LogP contribution >= 0.6 is 0 Å². The van der Waals surface area contributed by atoms with E-state index in [9.17, 15) is 19.7 Å². The second kappa shape index (κ2) is 7.06. The first-order valence-electron chi connectivity index (χ1n) is 8.40. The highest BCUT2D eigenvalue weighted by Gasteiger charge is 2.48. The van der Waals surface area contributed by atoms with E-state index in [1.165, 1.54) is 18.2 Å². The SMILES string of the molecule is Cc1ccc(C2(C)NC(=O)N(CCOc3cccc([N+](=O)[O-])c3)C2=O)cc1. The maximum absolute atomic E-state index is 12.8. The Morgan fingerprint density at radius 3 is 2.56 bits per heavy atom. The first-order chi connectivity index (χ1) is 12.8. The summed E-state index contributed by atoms with van der Waals surface area (Å²) in [5.74, 6) is -0.0588. The smallest absolute Gasteiger partial charge is 0.325 e. The predicted octanol–water partition coefficient (Wildman–Crippen LogP) is 2.75. The van der Waals surface area contributed by atoms with Crippen molar-refractivity contribution < 1.29 is 19.2 Å². The minimum Gasteiger partial charge on any atom is -0.491 e. The first-order valence-corrected chi connectivity index (χ1v) is 8.40. The highest BCUT2D eigenvalue weighted by molar-refractivity contribution is 6.07. The van der Waals surface area contributed by atoms with E-state index in [0.717, 1.165) is 10.5 Å². The average molecular weight is 369 g/mol. The minimum atomic E-state index is -1.13. The number of nitro benzene ring substituents is 1. The average Bonchev–Trinajstić information content (AvgIpc) is 2.86. The van der Waals surface area contributed by atoms with E-state index < -0.39 is 16.5 Å². The molecular formula is C19H19N3O5. The Labute approximate surface area is 155 Å². The Kier molecular flexibility index (Phi) is 4.81. The molecule has 1 unspecified atom stereocenters. The van der Waals surface area contributed by atoms with Crippen LogP contribution in [0.4, 0.5) is 10.5 Å². The molecule has 1 fully saturated rings. The van der Waals surface area contributed by atoms with Crippen LogP contribution in [0.25, 0.3) is 0 Å². The lowest BCUT2D eigenvalue weighted by atomic mass is 9.91. The van der Waals surface area contributed by atoms with Crippen molar-refractivity contribution in [3.8, 4) is 5.75 Å². The molecule has 8 nitrogen and oxygen atoms in total. The van der Waals surface area contributed by atoms with E-state index in [1.807, 2.05) is 31.2 Å². The van der Waals surface area contributed by atoms with Gasteiger partial charge in [-0.25, -0.2) is 4.79 Å². The fourth-order valence-electron chi connectivity index (χ4n) is 2.92. The Morgan fingerprint density at radius 2 is 1.89 bits per heavy atom. The summed E-state index contributed by atoms with van der Waals surface area (Å²) >= 11 is 0. The maximum atomic E-state index is 12.8. The van der Waals surface area contributed by atoms with E-state index in [-0.39, 0.29) is 24.7 Å². The third-order valence-electron chi connectivity index (χ3n) is 4.52. The number of ether oxygens (including phenoxy) is 1. The molecule has 0 spiro atoms. The van der Waals surface area contributed by atoms with E-state index in [1.54, 1.807) is 13.0 Å². The zero-order chi connectivity index (χ0) is 19.6. The summed E-state index contributed by atoms with van der Waals surface area (Å²) in [6.07, 6.45) is 0. The molecule has 1 heterocycles. The highest BCUT2D eigenvalue weighted by atomic mass is 16.6. The van der Waals surface area contributed by atoms with Gasteiger partial charge in [-0.1, -0.05) is 35.9 Å². The number of rotatable bonds is 6. The molecule has 1 saturated heterocycles. The highest BCUT2D eigenvalue weighted by Crippen LogP contribution is 2.29. The van der Waals surface area contributed by atoms with Gasteiger partial charge in [-0.3, -0.25) is 19.8 Å². The lowest BCUT2D eigenvalue weighted by Gasteiger charge is -2.22. The van der Waals surface area contributed by atoms with Crippen molar-refractivity contribution in [2.45, 2.75) is 19.4 Å². The first kappa shape index (κ1) is 18.4. The zero-order valence-electron chi connectivity index (χ0n) is 15.0. The van der Waals surface area contributed by atoms with Gasteiger partial charge in [-0.05, 0) is 25.5 Å². The van der Waals surface area contributed by atoms with Crippen molar-refractivity contribution >= 4 is 17.6 Å². The minimum absolute atomic E-state index is 0.0320. The van der Waals surface area contributed by atoms with Crippen molar-refractivity contribution in [1.82, 2.24) is 10.2 Å². The Morgan fingerprint density at radius 1 is 1.19 bits per heavy atom. The van der Waals surface area contributed by atoms with Crippen LogP contribution in [0.2, 0.25) is 0 Å². The molecule has 1 aliphatic heterocycles. The fraction of sp³-hybridized carbons (Fsp3) is 0.263. The van der Waals surface area contributed by atoms with E-state index >= 15 is 0 Å². The van der Waals surface area contributed by atoms with Gasteiger partial charge in [0.1, 0.15) is 17.9 Å². The molecule has 0 radical (unpaired) electrons. The summed E-state index contributed by atoms with van der Waals surface area (Å²) in [5, 5.41) is 13.5. The Hall–Kier alpha value is -3.42. The number of carbonyl (C=O) groups is 2. The van der Waals surface area contributed by atoms with Crippen LogP contribution in [0.1, 0.15) is 18.1 Å². The summed E-state index contributed by atoms with van der Waals surface area (Å²) in [6, 6.07) is 12.6. The van der Waals surface area contributed by atoms with Crippen LogP contribution in [-0.4, -0.2) is 34.9 Å².